The Labute approximate surface area is 206 Å². The maximum absolute atomic E-state index is 12.5. The average molecular weight is 488 g/mol. The van der Waals surface area contributed by atoms with Crippen molar-refractivity contribution in [2.45, 2.75) is 45.3 Å². The average Bonchev–Trinajstić information content (AvgIpc) is 2.87. The summed E-state index contributed by atoms with van der Waals surface area (Å²) < 4.78 is 12.6. The van der Waals surface area contributed by atoms with Gasteiger partial charge in [-0.3, -0.25) is 14.8 Å². The second-order valence-corrected chi connectivity index (χ2v) is 8.44. The van der Waals surface area contributed by atoms with Gasteiger partial charge in [0.1, 0.15) is 11.5 Å². The predicted octanol–water partition coefficient (Wildman–Crippen LogP) is 3.05. The SMILES string of the molecule is CCc1cnc(CNC2CCN(CCn3c(=O)ccc4ncc(OC)cc43)CC2)cc1OC.Cl. The number of hydrogen-bond donors (Lipinski definition) is 1. The van der Waals surface area contributed by atoms with Crippen LogP contribution in [0.3, 0.4) is 0 Å². The van der Waals surface area contributed by atoms with Crippen molar-refractivity contribution in [2.75, 3.05) is 33.9 Å². The number of pyridine rings is 3. The molecular weight excluding hydrogens is 454 g/mol. The Balaban J connectivity index is 0.00000324. The first-order chi connectivity index (χ1) is 16.1. The van der Waals surface area contributed by atoms with Crippen LogP contribution in [0.25, 0.3) is 11.0 Å². The standard InChI is InChI=1S/C25H33N5O3.ClH/c1-4-18-15-26-20(13-24(18)33-3)16-27-19-7-9-29(10-8-19)11-12-30-23-14-21(32-2)17-28-22(23)5-6-25(30)31;/h5-6,13-15,17,19,27H,4,7-12,16H2,1-3H3;1H. The zero-order chi connectivity index (χ0) is 23.2. The molecule has 0 bridgehead atoms. The van der Waals surface area contributed by atoms with Crippen molar-refractivity contribution in [3.63, 3.8) is 0 Å². The first-order valence-electron chi connectivity index (χ1n) is 11.6. The summed E-state index contributed by atoms with van der Waals surface area (Å²) in [6.07, 6.45) is 6.66. The fourth-order valence-electron chi connectivity index (χ4n) is 4.40. The van der Waals surface area contributed by atoms with Gasteiger partial charge in [0.25, 0.3) is 5.56 Å². The van der Waals surface area contributed by atoms with Gasteiger partial charge in [0.15, 0.2) is 0 Å². The molecule has 0 spiro atoms. The van der Waals surface area contributed by atoms with E-state index in [1.807, 2.05) is 18.3 Å². The smallest absolute Gasteiger partial charge is 0.251 e. The molecule has 1 fully saturated rings. The highest BCUT2D eigenvalue weighted by Crippen LogP contribution is 2.20. The Morgan fingerprint density at radius 1 is 1.06 bits per heavy atom. The molecule has 34 heavy (non-hydrogen) atoms. The maximum atomic E-state index is 12.5. The predicted molar refractivity (Wildman–Crippen MR) is 136 cm³/mol. The molecule has 0 radical (unpaired) electrons. The quantitative estimate of drug-likeness (QED) is 0.496. The molecule has 0 unspecified atom stereocenters. The van der Waals surface area contributed by atoms with Crippen LogP contribution in [-0.4, -0.2) is 59.3 Å². The van der Waals surface area contributed by atoms with E-state index in [-0.39, 0.29) is 18.0 Å². The van der Waals surface area contributed by atoms with E-state index in [0.29, 0.717) is 18.3 Å². The molecule has 0 atom stereocenters. The number of methoxy groups -OCH3 is 2. The van der Waals surface area contributed by atoms with Crippen LogP contribution in [0, 0.1) is 0 Å². The molecule has 0 saturated carbocycles. The number of rotatable bonds is 9. The van der Waals surface area contributed by atoms with Crippen molar-refractivity contribution in [1.82, 2.24) is 24.8 Å². The Morgan fingerprint density at radius 2 is 1.85 bits per heavy atom. The monoisotopic (exact) mass is 487 g/mol. The minimum atomic E-state index is -0.00822. The summed E-state index contributed by atoms with van der Waals surface area (Å²) in [4.78, 5) is 23.9. The summed E-state index contributed by atoms with van der Waals surface area (Å²) >= 11 is 0. The minimum Gasteiger partial charge on any atom is -0.496 e. The van der Waals surface area contributed by atoms with Crippen LogP contribution in [-0.2, 0) is 19.5 Å². The van der Waals surface area contributed by atoms with Gasteiger partial charge in [-0.05, 0) is 38.4 Å². The van der Waals surface area contributed by atoms with Crippen LogP contribution < -0.4 is 20.3 Å². The van der Waals surface area contributed by atoms with Crippen molar-refractivity contribution >= 4 is 23.4 Å². The molecule has 1 saturated heterocycles. The number of ether oxygens (including phenoxy) is 2. The van der Waals surface area contributed by atoms with Crippen LogP contribution in [0.2, 0.25) is 0 Å². The number of fused-ring (bicyclic) bond motifs is 1. The fourth-order valence-corrected chi connectivity index (χ4v) is 4.40. The third kappa shape index (κ3) is 6.05. The molecule has 1 aliphatic heterocycles. The van der Waals surface area contributed by atoms with Crippen molar-refractivity contribution in [3.05, 3.63) is 58.3 Å². The summed E-state index contributed by atoms with van der Waals surface area (Å²) in [5.41, 5.74) is 3.75. The second-order valence-electron chi connectivity index (χ2n) is 8.44. The van der Waals surface area contributed by atoms with E-state index in [0.717, 1.165) is 73.5 Å². The first-order valence-corrected chi connectivity index (χ1v) is 11.6. The Bertz CT molecular complexity index is 1150. The van der Waals surface area contributed by atoms with Gasteiger partial charge in [-0.25, -0.2) is 0 Å². The van der Waals surface area contributed by atoms with Gasteiger partial charge >= 0.3 is 0 Å². The molecule has 184 valence electrons. The molecule has 0 amide bonds. The summed E-state index contributed by atoms with van der Waals surface area (Å²) in [5, 5.41) is 3.64. The lowest BCUT2D eigenvalue weighted by Gasteiger charge is -2.32. The molecule has 0 aliphatic carbocycles. The summed E-state index contributed by atoms with van der Waals surface area (Å²) in [6, 6.07) is 7.75. The number of likely N-dealkylation sites (tertiary alicyclic amines) is 1. The van der Waals surface area contributed by atoms with Gasteiger partial charge < -0.3 is 24.3 Å². The molecule has 3 aromatic heterocycles. The molecule has 8 nitrogen and oxygen atoms in total. The molecule has 3 aromatic rings. The number of nitrogens with one attached hydrogen (secondary N) is 1. The number of piperidine rings is 1. The third-order valence-electron chi connectivity index (χ3n) is 6.45. The van der Waals surface area contributed by atoms with Crippen molar-refractivity contribution in [2.24, 2.45) is 0 Å². The number of aromatic nitrogens is 3. The van der Waals surface area contributed by atoms with Crippen LogP contribution in [0.5, 0.6) is 11.5 Å². The van der Waals surface area contributed by atoms with Crippen LogP contribution >= 0.6 is 12.4 Å². The van der Waals surface area contributed by atoms with Gasteiger partial charge in [0.05, 0.1) is 37.1 Å². The largest absolute Gasteiger partial charge is 0.496 e. The molecule has 1 aliphatic rings. The lowest BCUT2D eigenvalue weighted by Crippen LogP contribution is -2.43. The van der Waals surface area contributed by atoms with Crippen molar-refractivity contribution < 1.29 is 9.47 Å². The summed E-state index contributed by atoms with van der Waals surface area (Å²) in [7, 11) is 3.32. The lowest BCUT2D eigenvalue weighted by atomic mass is 10.0. The third-order valence-corrected chi connectivity index (χ3v) is 6.45. The van der Waals surface area contributed by atoms with E-state index < -0.39 is 0 Å². The summed E-state index contributed by atoms with van der Waals surface area (Å²) in [5.74, 6) is 1.57. The van der Waals surface area contributed by atoms with E-state index in [2.05, 4.69) is 27.1 Å². The van der Waals surface area contributed by atoms with E-state index >= 15 is 0 Å². The Hall–Kier alpha value is -2.68. The lowest BCUT2D eigenvalue weighted by molar-refractivity contribution is 0.191. The van der Waals surface area contributed by atoms with Crippen LogP contribution in [0.1, 0.15) is 31.0 Å². The van der Waals surface area contributed by atoms with Gasteiger partial charge in [0.2, 0.25) is 0 Å². The molecule has 1 N–H and O–H groups in total. The number of halogens is 1. The fraction of sp³-hybridized carbons (Fsp3) is 0.480. The molecule has 9 heteroatoms. The zero-order valence-electron chi connectivity index (χ0n) is 20.1. The highest BCUT2D eigenvalue weighted by atomic mass is 35.5. The van der Waals surface area contributed by atoms with Crippen molar-refractivity contribution in [3.8, 4) is 11.5 Å². The Morgan fingerprint density at radius 3 is 2.56 bits per heavy atom. The molecule has 0 aromatic carbocycles. The maximum Gasteiger partial charge on any atom is 0.251 e. The normalized spacial score (nSPS) is 14.7. The highest BCUT2D eigenvalue weighted by molar-refractivity contribution is 5.85. The number of hydrogen-bond acceptors (Lipinski definition) is 7. The zero-order valence-corrected chi connectivity index (χ0v) is 20.9. The molecule has 4 rings (SSSR count). The second kappa shape index (κ2) is 12.1. The first kappa shape index (κ1) is 25.9. The van der Waals surface area contributed by atoms with E-state index in [1.165, 1.54) is 0 Å². The number of aryl methyl sites for hydroxylation is 1. The van der Waals surface area contributed by atoms with E-state index in [9.17, 15) is 4.79 Å². The molecule has 4 heterocycles. The topological polar surface area (TPSA) is 81.5 Å². The van der Waals surface area contributed by atoms with Gasteiger partial charge in [0, 0.05) is 55.6 Å². The van der Waals surface area contributed by atoms with Gasteiger partial charge in [-0.2, -0.15) is 0 Å². The number of nitrogens with zero attached hydrogens (tertiary/aromatic N) is 4. The van der Waals surface area contributed by atoms with Gasteiger partial charge in [-0.1, -0.05) is 6.92 Å². The van der Waals surface area contributed by atoms with E-state index in [1.54, 1.807) is 37.1 Å². The van der Waals surface area contributed by atoms with E-state index in [4.69, 9.17) is 9.47 Å². The Kier molecular flexibility index (Phi) is 9.27. The van der Waals surface area contributed by atoms with Crippen LogP contribution in [0.4, 0.5) is 0 Å². The van der Waals surface area contributed by atoms with Crippen LogP contribution in [0.15, 0.2) is 41.5 Å². The van der Waals surface area contributed by atoms with Crippen molar-refractivity contribution in [1.29, 1.82) is 0 Å². The molecular formula is C25H34ClN5O3. The van der Waals surface area contributed by atoms with Gasteiger partial charge in [-0.15, -0.1) is 12.4 Å². The highest BCUT2D eigenvalue weighted by Gasteiger charge is 2.19. The minimum absolute atomic E-state index is 0. The summed E-state index contributed by atoms with van der Waals surface area (Å²) in [6.45, 7) is 6.33.